The van der Waals surface area contributed by atoms with Crippen molar-refractivity contribution in [3.63, 3.8) is 0 Å². The van der Waals surface area contributed by atoms with Gasteiger partial charge in [0.25, 0.3) is 5.91 Å². The van der Waals surface area contributed by atoms with Gasteiger partial charge in [0.1, 0.15) is 41.3 Å². The second kappa shape index (κ2) is 19.1. The maximum absolute atomic E-state index is 13.3. The molecule has 0 radical (unpaired) electrons. The predicted octanol–water partition coefficient (Wildman–Crippen LogP) is 3.54. The van der Waals surface area contributed by atoms with Crippen molar-refractivity contribution in [1.29, 1.82) is 0 Å². The van der Waals surface area contributed by atoms with Crippen molar-refractivity contribution in [1.82, 2.24) is 5.32 Å². The maximum Gasteiger partial charge on any atom is 0.335 e. The van der Waals surface area contributed by atoms with Crippen LogP contribution in [-0.4, -0.2) is 122 Å². The number of fused-ring (bicyclic) bond motifs is 2. The Hall–Kier alpha value is -5.18. The molecule has 10 atom stereocenters. The second-order valence-corrected chi connectivity index (χ2v) is 17.8. The molecule has 4 aliphatic rings. The number of primary amides is 1. The third kappa shape index (κ3) is 8.74. The number of allylic oxidation sites excluding steroid dienone is 2. The van der Waals surface area contributed by atoms with Gasteiger partial charge in [-0.2, -0.15) is 0 Å². The van der Waals surface area contributed by atoms with Crippen LogP contribution in [0.1, 0.15) is 30.0 Å². The Morgan fingerprint density at radius 3 is 2.52 bits per heavy atom. The molecule has 9 N–H and O–H groups in total. The number of hydrogen-bond donors (Lipinski definition) is 8. The van der Waals surface area contributed by atoms with Gasteiger partial charge in [0.2, 0.25) is 18.0 Å². The number of nitrogens with zero attached hydrogens (tertiary/aromatic N) is 1. The number of aliphatic hydroxyl groups is 4. The summed E-state index contributed by atoms with van der Waals surface area (Å²) in [6, 6.07) is 19.3. The fourth-order valence-corrected chi connectivity index (χ4v) is 10.3. The van der Waals surface area contributed by atoms with Gasteiger partial charge in [-0.1, -0.05) is 89.2 Å². The van der Waals surface area contributed by atoms with E-state index in [9.17, 15) is 45.0 Å². The number of rotatable bonds is 11. The molecule has 7 rings (SSSR count). The van der Waals surface area contributed by atoms with Gasteiger partial charge in [0.15, 0.2) is 18.0 Å². The number of benzene rings is 3. The van der Waals surface area contributed by atoms with Crippen molar-refractivity contribution >= 4 is 63.4 Å². The van der Waals surface area contributed by atoms with E-state index < -0.39 is 53.9 Å². The van der Waals surface area contributed by atoms with E-state index in [2.05, 4.69) is 23.3 Å². The topological polar surface area (TPSA) is 260 Å². The molecule has 3 aromatic rings. The molecule has 0 saturated carbocycles. The van der Waals surface area contributed by atoms with Crippen molar-refractivity contribution in [2.24, 2.45) is 28.5 Å². The van der Waals surface area contributed by atoms with Crippen molar-refractivity contribution in [2.75, 3.05) is 24.8 Å². The first kappa shape index (κ1) is 44.9. The van der Waals surface area contributed by atoms with E-state index in [4.69, 9.17) is 24.7 Å². The van der Waals surface area contributed by atoms with E-state index in [1.165, 1.54) is 53.3 Å². The second-order valence-electron chi connectivity index (χ2n) is 15.4. The number of ether oxygens (including phenoxy) is 4. The number of phenols is 1. The zero-order chi connectivity index (χ0) is 44.2. The molecular weight excluding hydrogens is 843 g/mol. The predicted molar refractivity (Wildman–Crippen MR) is 232 cm³/mol. The first-order valence-electron chi connectivity index (χ1n) is 19.7. The van der Waals surface area contributed by atoms with Crippen LogP contribution in [0.5, 0.6) is 17.2 Å². The SMILES string of the molecule is C[C@H](C/C=C\c1ccccc1)[C@@H]1CN[C@H](O)[C@]2(O)[C@H](Oc3ccc4c(c3)OC(C(N)=O)C(c3ccc(O)cc3)=C4O)O[C@H](C(=O)O)[C@@H](O)[C@]2(C=O)OCSSC[C@H]1C1=CCN=C1. The Balaban J connectivity index is 1.25. The molecule has 0 aliphatic carbocycles. The lowest BCUT2D eigenvalue weighted by Gasteiger charge is -2.55. The average molecular weight is 890 g/mol. The first-order valence-corrected chi connectivity index (χ1v) is 22.2. The molecule has 1 unspecified atom stereocenters. The van der Waals surface area contributed by atoms with Gasteiger partial charge in [0, 0.05) is 24.6 Å². The summed E-state index contributed by atoms with van der Waals surface area (Å²) in [5.74, 6) is -3.60. The normalized spacial score (nSPS) is 30.8. The van der Waals surface area contributed by atoms with E-state index in [1.807, 2.05) is 48.7 Å². The van der Waals surface area contributed by atoms with Crippen LogP contribution in [-0.2, 0) is 23.9 Å². The third-order valence-electron chi connectivity index (χ3n) is 11.7. The molecular formula is C44H47N3O13S2. The van der Waals surface area contributed by atoms with Gasteiger partial charge in [-0.15, -0.1) is 0 Å². The van der Waals surface area contributed by atoms with E-state index in [1.54, 1.807) is 0 Å². The molecule has 0 bridgehead atoms. The molecule has 2 fully saturated rings. The summed E-state index contributed by atoms with van der Waals surface area (Å²) < 4.78 is 23.8. The number of carboxylic acid groups (broad SMARTS) is 1. The van der Waals surface area contributed by atoms with Gasteiger partial charge in [0.05, 0.1) is 17.7 Å². The Kier molecular flexibility index (Phi) is 13.8. The number of aldehydes is 1. The lowest BCUT2D eigenvalue weighted by molar-refractivity contribution is -0.364. The number of amides is 1. The number of phenolic OH excluding ortho intramolecular Hbond substituents is 1. The molecule has 62 heavy (non-hydrogen) atoms. The van der Waals surface area contributed by atoms with Crippen molar-refractivity contribution in [3.05, 3.63) is 107 Å². The summed E-state index contributed by atoms with van der Waals surface area (Å²) in [5, 5.41) is 71.0. The lowest BCUT2D eigenvalue weighted by Crippen LogP contribution is -2.82. The average Bonchev–Trinajstić information content (AvgIpc) is 3.80. The smallest absolute Gasteiger partial charge is 0.335 e. The molecule has 18 heteroatoms. The van der Waals surface area contributed by atoms with Crippen LogP contribution in [0.3, 0.4) is 0 Å². The van der Waals surface area contributed by atoms with E-state index in [0.717, 1.165) is 21.9 Å². The monoisotopic (exact) mass is 889 g/mol. The maximum atomic E-state index is 13.3. The highest BCUT2D eigenvalue weighted by Gasteiger charge is 2.72. The number of carboxylic acids is 1. The molecule has 0 spiro atoms. The molecule has 1 amide bonds. The number of aliphatic hydroxyl groups excluding tert-OH is 3. The number of nitrogens with two attached hydrogens (primary N) is 1. The van der Waals surface area contributed by atoms with Crippen molar-refractivity contribution < 1.29 is 64.0 Å². The van der Waals surface area contributed by atoms with Crippen LogP contribution in [0.4, 0.5) is 0 Å². The number of nitrogens with one attached hydrogen (secondary N) is 1. The van der Waals surface area contributed by atoms with Gasteiger partial charge >= 0.3 is 5.97 Å². The standard InChI is InChI=1S/C44H47N3O13S2/c1-24(6-5-9-25-7-3-2-4-8-25)31-20-47-41(55)44(56)42(60-37(40(53)54)38(51)43(44,22-48)57-23-62-61-21-32(31)27-16-17-46-19-27)58-29-14-15-30-33(18-29)59-36(39(45)52)34(35(30)50)26-10-12-28(49)13-11-26/h2-5,7-16,18-19,22,24,31-32,36-38,41-42,47,49-51,55-56H,6,17,20-21,23H2,1H3,(H2,45,52)(H,53,54)/b9-5-/t24-,31+,32+,36?,37+,38-,41-,42-,43+,44+/m1/s1. The van der Waals surface area contributed by atoms with Crippen LogP contribution in [0, 0.1) is 17.8 Å². The summed E-state index contributed by atoms with van der Waals surface area (Å²) in [7, 11) is 2.58. The largest absolute Gasteiger partial charge is 0.508 e. The Labute approximate surface area is 364 Å². The molecule has 0 aromatic heterocycles. The van der Waals surface area contributed by atoms with Crippen molar-refractivity contribution in [2.45, 2.75) is 55.4 Å². The van der Waals surface area contributed by atoms with Crippen LogP contribution in [0.2, 0.25) is 0 Å². The zero-order valence-corrected chi connectivity index (χ0v) is 35.0. The Morgan fingerprint density at radius 1 is 1.08 bits per heavy atom. The summed E-state index contributed by atoms with van der Waals surface area (Å²) in [5.41, 5.74) is 2.24. The fraction of sp³-hybridized carbons (Fsp3) is 0.364. The van der Waals surface area contributed by atoms with Crippen molar-refractivity contribution in [3.8, 4) is 17.2 Å². The number of hydrogen-bond acceptors (Lipinski definition) is 16. The third-order valence-corrected chi connectivity index (χ3v) is 13.7. The quantitative estimate of drug-likeness (QED) is 0.101. The number of carbonyl (C=O) groups excluding carboxylic acids is 2. The van der Waals surface area contributed by atoms with Crippen LogP contribution < -0.4 is 20.5 Å². The molecule has 3 aromatic carbocycles. The number of aromatic hydroxyl groups is 1. The highest BCUT2D eigenvalue weighted by Crippen LogP contribution is 2.47. The van der Waals surface area contributed by atoms with Gasteiger partial charge < -0.3 is 55.3 Å². The van der Waals surface area contributed by atoms with E-state index in [0.29, 0.717) is 24.3 Å². The molecule has 16 nitrogen and oxygen atoms in total. The summed E-state index contributed by atoms with van der Waals surface area (Å²) in [6.45, 7) is 2.63. The number of carbonyl (C=O) groups is 3. The van der Waals surface area contributed by atoms with Gasteiger partial charge in [-0.3, -0.25) is 19.9 Å². The van der Waals surface area contributed by atoms with Crippen LogP contribution in [0.25, 0.3) is 17.4 Å². The summed E-state index contributed by atoms with van der Waals surface area (Å²) in [6.07, 6.45) is -1.86. The Morgan fingerprint density at radius 2 is 1.84 bits per heavy atom. The molecule has 328 valence electrons. The summed E-state index contributed by atoms with van der Waals surface area (Å²) >= 11 is 0. The lowest BCUT2D eigenvalue weighted by atomic mass is 9.72. The van der Waals surface area contributed by atoms with Crippen LogP contribution >= 0.6 is 21.6 Å². The number of aliphatic carboxylic acids is 1. The molecule has 4 heterocycles. The van der Waals surface area contributed by atoms with Gasteiger partial charge in [-0.05, 0) is 65.1 Å². The van der Waals surface area contributed by atoms with E-state index >= 15 is 0 Å². The fourth-order valence-electron chi connectivity index (χ4n) is 8.25. The van der Waals surface area contributed by atoms with Gasteiger partial charge in [-0.25, -0.2) is 4.79 Å². The molecule has 2 saturated heterocycles. The highest BCUT2D eigenvalue weighted by atomic mass is 33.1. The van der Waals surface area contributed by atoms with E-state index in [-0.39, 0.29) is 70.7 Å². The van der Waals surface area contributed by atoms with Crippen LogP contribution in [0.15, 0.2) is 95.5 Å². The minimum Gasteiger partial charge on any atom is -0.508 e. The zero-order valence-electron chi connectivity index (χ0n) is 33.4. The Bertz CT molecular complexity index is 2260. The highest BCUT2D eigenvalue weighted by molar-refractivity contribution is 8.76. The first-order chi connectivity index (χ1) is 29.8. The number of aliphatic imine (C=N–C) groups is 1. The minimum atomic E-state index is -3.06. The minimum absolute atomic E-state index is 0.0202. The molecule has 4 aliphatic heterocycles. The summed E-state index contributed by atoms with van der Waals surface area (Å²) in [4.78, 5) is 43.0.